The lowest BCUT2D eigenvalue weighted by atomic mass is 9.85. The van der Waals surface area contributed by atoms with E-state index in [1.54, 1.807) is 24.3 Å². The molecule has 1 aliphatic heterocycles. The van der Waals surface area contributed by atoms with Crippen molar-refractivity contribution in [2.24, 2.45) is 11.8 Å². The van der Waals surface area contributed by atoms with Gasteiger partial charge in [-0.05, 0) is 43.2 Å². The second-order valence-corrected chi connectivity index (χ2v) is 8.05. The van der Waals surface area contributed by atoms with Crippen LogP contribution in [0.2, 0.25) is 0 Å². The fourth-order valence-corrected chi connectivity index (χ4v) is 4.08. The molecule has 2 aliphatic rings. The van der Waals surface area contributed by atoms with Gasteiger partial charge in [0, 0.05) is 6.04 Å². The van der Waals surface area contributed by atoms with Gasteiger partial charge in [0.1, 0.15) is 6.04 Å². The number of amides is 3. The maximum atomic E-state index is 13.1. The van der Waals surface area contributed by atoms with Crippen molar-refractivity contribution in [3.63, 3.8) is 0 Å². The van der Waals surface area contributed by atoms with Crippen LogP contribution in [0.25, 0.3) is 0 Å². The number of hydrogen-bond acceptors (Lipinski definition) is 3. The fraction of sp³-hybridized carbons (Fsp3) is 0.571. The van der Waals surface area contributed by atoms with Gasteiger partial charge in [0.15, 0.2) is 0 Å². The molecule has 3 unspecified atom stereocenters. The van der Waals surface area contributed by atoms with Gasteiger partial charge < -0.3 is 5.32 Å². The zero-order valence-corrected chi connectivity index (χ0v) is 15.8. The number of hydrogen-bond donors (Lipinski definition) is 1. The molecule has 3 rings (SSSR count). The molecule has 1 aromatic carbocycles. The van der Waals surface area contributed by atoms with Crippen molar-refractivity contribution >= 4 is 17.7 Å². The molecule has 1 aromatic rings. The molecule has 5 heteroatoms. The van der Waals surface area contributed by atoms with E-state index < -0.39 is 6.04 Å². The van der Waals surface area contributed by atoms with Crippen LogP contribution in [0.4, 0.5) is 0 Å². The standard InChI is InChI=1S/C21H28N2O3/c1-13(2)12-18(19(24)22-17-11-7-4-8-14(17)3)23-20(25)15-9-5-6-10-16(15)21(23)26/h5-6,9-10,13-14,17-18H,4,7-8,11-12H2,1-3H3,(H,22,24). The van der Waals surface area contributed by atoms with Gasteiger partial charge in [-0.3, -0.25) is 19.3 Å². The summed E-state index contributed by atoms with van der Waals surface area (Å²) in [6, 6.07) is 6.17. The van der Waals surface area contributed by atoms with Crippen molar-refractivity contribution in [2.45, 2.75) is 65.0 Å². The summed E-state index contributed by atoms with van der Waals surface area (Å²) in [7, 11) is 0. The Morgan fingerprint density at radius 1 is 1.12 bits per heavy atom. The van der Waals surface area contributed by atoms with Crippen LogP contribution in [0.3, 0.4) is 0 Å². The Bertz CT molecular complexity index is 678. The normalized spacial score (nSPS) is 23.9. The van der Waals surface area contributed by atoms with Gasteiger partial charge in [-0.2, -0.15) is 0 Å². The van der Waals surface area contributed by atoms with Crippen LogP contribution < -0.4 is 5.32 Å². The Morgan fingerprint density at radius 3 is 2.23 bits per heavy atom. The van der Waals surface area contributed by atoms with Crippen molar-refractivity contribution in [3.8, 4) is 0 Å². The van der Waals surface area contributed by atoms with E-state index in [1.807, 2.05) is 13.8 Å². The second kappa shape index (κ2) is 7.60. The summed E-state index contributed by atoms with van der Waals surface area (Å²) in [5.74, 6) is -0.299. The van der Waals surface area contributed by atoms with E-state index in [0.717, 1.165) is 19.3 Å². The number of imide groups is 1. The Hall–Kier alpha value is -2.17. The number of benzene rings is 1. The summed E-state index contributed by atoms with van der Waals surface area (Å²) in [4.78, 5) is 39.9. The van der Waals surface area contributed by atoms with E-state index in [1.165, 1.54) is 11.3 Å². The fourth-order valence-electron chi connectivity index (χ4n) is 4.08. The maximum Gasteiger partial charge on any atom is 0.262 e. The summed E-state index contributed by atoms with van der Waals surface area (Å²) < 4.78 is 0. The van der Waals surface area contributed by atoms with Crippen molar-refractivity contribution in [2.75, 3.05) is 0 Å². The van der Waals surface area contributed by atoms with Crippen LogP contribution in [0.5, 0.6) is 0 Å². The van der Waals surface area contributed by atoms with Crippen molar-refractivity contribution in [1.82, 2.24) is 10.2 Å². The molecule has 1 N–H and O–H groups in total. The van der Waals surface area contributed by atoms with E-state index in [2.05, 4.69) is 12.2 Å². The van der Waals surface area contributed by atoms with E-state index >= 15 is 0 Å². The van der Waals surface area contributed by atoms with E-state index in [0.29, 0.717) is 23.5 Å². The molecule has 1 aliphatic carbocycles. The van der Waals surface area contributed by atoms with Crippen LogP contribution in [0.15, 0.2) is 24.3 Å². The van der Waals surface area contributed by atoms with Crippen LogP contribution in [0.1, 0.15) is 73.6 Å². The highest BCUT2D eigenvalue weighted by atomic mass is 16.2. The van der Waals surface area contributed by atoms with Crippen LogP contribution in [-0.2, 0) is 4.79 Å². The summed E-state index contributed by atoms with van der Waals surface area (Å²) in [6.45, 7) is 6.16. The average Bonchev–Trinajstić information content (AvgIpc) is 2.86. The summed E-state index contributed by atoms with van der Waals surface area (Å²) in [5, 5.41) is 3.13. The third-order valence-corrected chi connectivity index (χ3v) is 5.57. The first-order valence-corrected chi connectivity index (χ1v) is 9.67. The van der Waals surface area contributed by atoms with Gasteiger partial charge in [-0.15, -0.1) is 0 Å². The predicted octanol–water partition coefficient (Wildman–Crippen LogP) is 3.39. The lowest BCUT2D eigenvalue weighted by Crippen LogP contribution is -2.53. The minimum Gasteiger partial charge on any atom is -0.351 e. The Morgan fingerprint density at radius 2 is 1.69 bits per heavy atom. The Labute approximate surface area is 155 Å². The number of fused-ring (bicyclic) bond motifs is 1. The summed E-state index contributed by atoms with van der Waals surface area (Å²) in [6.07, 6.45) is 4.84. The highest BCUT2D eigenvalue weighted by molar-refractivity contribution is 6.22. The molecular formula is C21H28N2O3. The van der Waals surface area contributed by atoms with E-state index in [-0.39, 0.29) is 29.7 Å². The third kappa shape index (κ3) is 3.53. The van der Waals surface area contributed by atoms with E-state index in [4.69, 9.17) is 0 Å². The molecule has 5 nitrogen and oxygen atoms in total. The SMILES string of the molecule is CC(C)CC(C(=O)NC1CCCCC1C)N1C(=O)c2ccccc2C1=O. The van der Waals surface area contributed by atoms with Crippen LogP contribution in [-0.4, -0.2) is 34.7 Å². The van der Waals surface area contributed by atoms with Crippen LogP contribution >= 0.6 is 0 Å². The third-order valence-electron chi connectivity index (χ3n) is 5.57. The number of nitrogens with one attached hydrogen (secondary N) is 1. The molecule has 0 aromatic heterocycles. The minimum atomic E-state index is -0.753. The lowest BCUT2D eigenvalue weighted by Gasteiger charge is -2.33. The minimum absolute atomic E-state index is 0.126. The second-order valence-electron chi connectivity index (χ2n) is 8.05. The molecule has 1 fully saturated rings. The number of nitrogens with zero attached hydrogens (tertiary/aromatic N) is 1. The largest absolute Gasteiger partial charge is 0.351 e. The lowest BCUT2D eigenvalue weighted by molar-refractivity contribution is -0.126. The van der Waals surface area contributed by atoms with Gasteiger partial charge in [-0.1, -0.05) is 45.7 Å². The molecule has 140 valence electrons. The Kier molecular flexibility index (Phi) is 5.44. The monoisotopic (exact) mass is 356 g/mol. The van der Waals surface area contributed by atoms with Gasteiger partial charge in [-0.25, -0.2) is 0 Å². The highest BCUT2D eigenvalue weighted by Gasteiger charge is 2.43. The molecule has 1 heterocycles. The van der Waals surface area contributed by atoms with Gasteiger partial charge in [0.25, 0.3) is 11.8 Å². The molecule has 0 saturated heterocycles. The first-order valence-electron chi connectivity index (χ1n) is 9.67. The first kappa shape index (κ1) is 18.6. The highest BCUT2D eigenvalue weighted by Crippen LogP contribution is 2.28. The van der Waals surface area contributed by atoms with E-state index in [9.17, 15) is 14.4 Å². The van der Waals surface area contributed by atoms with Gasteiger partial charge in [0.2, 0.25) is 5.91 Å². The first-order chi connectivity index (χ1) is 12.4. The number of carbonyl (C=O) groups is 3. The predicted molar refractivity (Wildman–Crippen MR) is 99.7 cm³/mol. The zero-order chi connectivity index (χ0) is 18.8. The number of rotatable bonds is 5. The molecule has 0 radical (unpaired) electrons. The molecule has 3 amide bonds. The molecule has 0 bridgehead atoms. The zero-order valence-electron chi connectivity index (χ0n) is 15.8. The maximum absolute atomic E-state index is 13.1. The molecule has 3 atom stereocenters. The number of carbonyl (C=O) groups excluding carboxylic acids is 3. The van der Waals surface area contributed by atoms with Gasteiger partial charge in [0.05, 0.1) is 11.1 Å². The van der Waals surface area contributed by atoms with Crippen LogP contribution in [0, 0.1) is 11.8 Å². The van der Waals surface area contributed by atoms with Gasteiger partial charge >= 0.3 is 0 Å². The van der Waals surface area contributed by atoms with Crippen molar-refractivity contribution in [3.05, 3.63) is 35.4 Å². The summed E-state index contributed by atoms with van der Waals surface area (Å²) >= 11 is 0. The quantitative estimate of drug-likeness (QED) is 0.823. The van der Waals surface area contributed by atoms with Crippen molar-refractivity contribution in [1.29, 1.82) is 0 Å². The molecular weight excluding hydrogens is 328 g/mol. The smallest absolute Gasteiger partial charge is 0.262 e. The molecule has 0 spiro atoms. The Balaban J connectivity index is 1.83. The average molecular weight is 356 g/mol. The van der Waals surface area contributed by atoms with Crippen molar-refractivity contribution < 1.29 is 14.4 Å². The topological polar surface area (TPSA) is 66.5 Å². The molecule has 26 heavy (non-hydrogen) atoms. The summed E-state index contributed by atoms with van der Waals surface area (Å²) in [5.41, 5.74) is 0.787. The molecule has 1 saturated carbocycles.